The second-order valence-corrected chi connectivity index (χ2v) is 10.6. The molecule has 3 unspecified atom stereocenters. The molecular weight excluding hydrogens is 506 g/mol. The van der Waals surface area contributed by atoms with Gasteiger partial charge in [0, 0.05) is 43.4 Å². The molecule has 1 N–H and O–H groups in total. The highest BCUT2D eigenvalue weighted by Crippen LogP contribution is 2.41. The van der Waals surface area contributed by atoms with Crippen LogP contribution in [0.5, 0.6) is 5.75 Å². The minimum absolute atomic E-state index is 0.0734. The Morgan fingerprint density at radius 1 is 1.10 bits per heavy atom. The van der Waals surface area contributed by atoms with Gasteiger partial charge in [0.1, 0.15) is 18.1 Å². The Kier molecular flexibility index (Phi) is 9.96. The Morgan fingerprint density at radius 3 is 2.48 bits per heavy atom. The molecule has 2 aliphatic heterocycles. The summed E-state index contributed by atoms with van der Waals surface area (Å²) >= 11 is 0. The molecule has 2 aliphatic rings. The molecule has 0 aliphatic carbocycles. The van der Waals surface area contributed by atoms with Gasteiger partial charge in [-0.1, -0.05) is 63.6 Å². The Bertz CT molecular complexity index is 1180. The molecule has 0 aromatic heterocycles. The van der Waals surface area contributed by atoms with Crippen molar-refractivity contribution in [2.45, 2.75) is 72.1 Å². The van der Waals surface area contributed by atoms with Gasteiger partial charge in [0.05, 0.1) is 6.04 Å². The van der Waals surface area contributed by atoms with Crippen LogP contribution in [0.25, 0.3) is 0 Å². The summed E-state index contributed by atoms with van der Waals surface area (Å²) in [7, 11) is 0. The van der Waals surface area contributed by atoms with Crippen molar-refractivity contribution in [2.75, 3.05) is 31.3 Å². The molecule has 216 valence electrons. The fourth-order valence-electron chi connectivity index (χ4n) is 5.36. The first-order valence-electron chi connectivity index (χ1n) is 14.5. The third-order valence-electron chi connectivity index (χ3n) is 7.56. The highest BCUT2D eigenvalue weighted by Gasteiger charge is 2.47. The normalized spacial score (nSPS) is 19.1. The van der Waals surface area contributed by atoms with Crippen LogP contribution in [0.15, 0.2) is 60.6 Å². The number of nitrogens with zero attached hydrogens (tertiary/aromatic N) is 2. The molecule has 3 atom stereocenters. The van der Waals surface area contributed by atoms with Crippen LogP contribution in [0, 0.1) is 5.92 Å². The maximum absolute atomic E-state index is 14.5. The number of carbonyl (C=O) groups excluding carboxylic acids is 2. The average molecular weight is 550 g/mol. The van der Waals surface area contributed by atoms with Gasteiger partial charge in [-0.05, 0) is 37.8 Å². The predicted octanol–water partition coefficient (Wildman–Crippen LogP) is 5.19. The van der Waals surface area contributed by atoms with Crippen LogP contribution in [0.3, 0.4) is 0 Å². The number of amides is 2. The zero-order valence-electron chi connectivity index (χ0n) is 24.4. The minimum Gasteiger partial charge on any atom is -0.480 e. The van der Waals surface area contributed by atoms with Crippen LogP contribution in [-0.2, 0) is 25.5 Å². The molecule has 0 bridgehead atoms. The van der Waals surface area contributed by atoms with Crippen molar-refractivity contribution in [3.63, 3.8) is 0 Å². The van der Waals surface area contributed by atoms with E-state index in [2.05, 4.69) is 31.0 Å². The van der Waals surface area contributed by atoms with Gasteiger partial charge >= 0.3 is 0 Å². The van der Waals surface area contributed by atoms with E-state index in [4.69, 9.17) is 14.2 Å². The summed E-state index contributed by atoms with van der Waals surface area (Å²) in [6.07, 6.45) is 3.04. The zero-order valence-corrected chi connectivity index (χ0v) is 24.4. The summed E-state index contributed by atoms with van der Waals surface area (Å²) in [4.78, 5) is 32.5. The lowest BCUT2D eigenvalue weighted by Gasteiger charge is -2.37. The standard InChI is InChI=1S/C32H43N3O5/c1-6-9-17-33-31(36)29-25-16-15-24(34(7-2)8-3)19-27(25)40-30(22(4)5)32(37)35(29)26(28-20-38-21-39-28)18-23-13-11-10-12-14-23/h10-16,19-20,22,26,29-30H,6-9,17-18,21H2,1-5H3,(H,33,36). The van der Waals surface area contributed by atoms with E-state index in [1.54, 1.807) is 11.2 Å². The monoisotopic (exact) mass is 549 g/mol. The molecule has 2 heterocycles. The van der Waals surface area contributed by atoms with Crippen molar-refractivity contribution in [3.8, 4) is 5.75 Å². The third kappa shape index (κ3) is 6.37. The second kappa shape index (κ2) is 13.6. The maximum Gasteiger partial charge on any atom is 0.265 e. The molecule has 2 aromatic carbocycles. The summed E-state index contributed by atoms with van der Waals surface area (Å²) in [5.41, 5.74) is 2.68. The Hall–Kier alpha value is -3.68. The maximum atomic E-state index is 14.5. The SMILES string of the molecule is CCCCNC(=O)C1c2ccc(N(CC)CC)cc2OC(C(C)C)C(=O)N1C(Cc1ccccc1)C1=COCO1. The minimum atomic E-state index is -0.910. The molecule has 0 saturated heterocycles. The van der Waals surface area contributed by atoms with Crippen molar-refractivity contribution in [1.29, 1.82) is 0 Å². The lowest BCUT2D eigenvalue weighted by molar-refractivity contribution is -0.149. The van der Waals surface area contributed by atoms with E-state index in [9.17, 15) is 9.59 Å². The number of carbonyl (C=O) groups is 2. The largest absolute Gasteiger partial charge is 0.480 e. The van der Waals surface area contributed by atoms with E-state index in [0.717, 1.165) is 37.2 Å². The van der Waals surface area contributed by atoms with Gasteiger partial charge in [-0.15, -0.1) is 0 Å². The van der Waals surface area contributed by atoms with Gasteiger partial charge in [-0.25, -0.2) is 0 Å². The Balaban J connectivity index is 1.89. The summed E-state index contributed by atoms with van der Waals surface area (Å²) in [5, 5.41) is 3.10. The first kappa shape index (κ1) is 29.3. The topological polar surface area (TPSA) is 80.3 Å². The smallest absolute Gasteiger partial charge is 0.265 e. The molecule has 4 rings (SSSR count). The van der Waals surface area contributed by atoms with Crippen LogP contribution in [0.1, 0.15) is 64.6 Å². The molecular formula is C32H43N3O5. The summed E-state index contributed by atoms with van der Waals surface area (Å²) in [6.45, 7) is 12.5. The predicted molar refractivity (Wildman–Crippen MR) is 156 cm³/mol. The molecule has 8 heteroatoms. The fraction of sp³-hybridized carbons (Fsp3) is 0.500. The molecule has 8 nitrogen and oxygen atoms in total. The van der Waals surface area contributed by atoms with Gasteiger partial charge in [-0.2, -0.15) is 0 Å². The Morgan fingerprint density at radius 2 is 1.85 bits per heavy atom. The molecule has 0 fully saturated rings. The molecule has 0 spiro atoms. The van der Waals surface area contributed by atoms with E-state index in [-0.39, 0.29) is 24.5 Å². The second-order valence-electron chi connectivity index (χ2n) is 10.6. The number of hydrogen-bond acceptors (Lipinski definition) is 6. The van der Waals surface area contributed by atoms with Gasteiger partial charge in [0.25, 0.3) is 5.91 Å². The van der Waals surface area contributed by atoms with Crippen molar-refractivity contribution in [3.05, 3.63) is 71.7 Å². The summed E-state index contributed by atoms with van der Waals surface area (Å²) in [5.74, 6) is 0.474. The van der Waals surface area contributed by atoms with E-state index in [1.165, 1.54) is 0 Å². The lowest BCUT2D eigenvalue weighted by atomic mass is 9.95. The highest BCUT2D eigenvalue weighted by atomic mass is 16.7. The number of anilines is 1. The number of nitrogens with one attached hydrogen (secondary N) is 1. The van der Waals surface area contributed by atoms with Crippen molar-refractivity contribution in [2.24, 2.45) is 5.92 Å². The van der Waals surface area contributed by atoms with Gasteiger partial charge in [-0.3, -0.25) is 9.59 Å². The Labute approximate surface area is 238 Å². The van der Waals surface area contributed by atoms with Crippen LogP contribution < -0.4 is 15.0 Å². The number of benzene rings is 2. The summed E-state index contributed by atoms with van der Waals surface area (Å²) in [6, 6.07) is 14.4. The number of fused-ring (bicyclic) bond motifs is 1. The van der Waals surface area contributed by atoms with E-state index >= 15 is 0 Å². The average Bonchev–Trinajstić information content (AvgIpc) is 3.46. The van der Waals surface area contributed by atoms with Crippen LogP contribution in [-0.4, -0.2) is 55.3 Å². The number of rotatable bonds is 12. The molecule has 0 saturated carbocycles. The molecule has 0 radical (unpaired) electrons. The number of ether oxygens (including phenoxy) is 3. The molecule has 2 aromatic rings. The van der Waals surface area contributed by atoms with Crippen molar-refractivity contribution < 1.29 is 23.8 Å². The third-order valence-corrected chi connectivity index (χ3v) is 7.56. The van der Waals surface area contributed by atoms with Crippen molar-refractivity contribution in [1.82, 2.24) is 10.2 Å². The highest BCUT2D eigenvalue weighted by molar-refractivity contribution is 5.92. The van der Waals surface area contributed by atoms with E-state index in [0.29, 0.717) is 30.0 Å². The van der Waals surface area contributed by atoms with Crippen LogP contribution in [0.2, 0.25) is 0 Å². The first-order valence-corrected chi connectivity index (χ1v) is 14.5. The van der Waals surface area contributed by atoms with Crippen LogP contribution in [0.4, 0.5) is 5.69 Å². The van der Waals surface area contributed by atoms with Gasteiger partial charge in [0.15, 0.2) is 11.9 Å². The zero-order chi connectivity index (χ0) is 28.6. The molecule has 40 heavy (non-hydrogen) atoms. The quantitative estimate of drug-likeness (QED) is 0.367. The van der Waals surface area contributed by atoms with E-state index < -0.39 is 18.2 Å². The number of hydrogen-bond donors (Lipinski definition) is 1. The first-order chi connectivity index (χ1) is 19.4. The van der Waals surface area contributed by atoms with Crippen LogP contribution >= 0.6 is 0 Å². The lowest BCUT2D eigenvalue weighted by Crippen LogP contribution is -2.53. The fourth-order valence-corrected chi connectivity index (χ4v) is 5.36. The van der Waals surface area contributed by atoms with E-state index in [1.807, 2.05) is 62.4 Å². The number of unbranched alkanes of at least 4 members (excludes halogenated alkanes) is 1. The van der Waals surface area contributed by atoms with Gasteiger partial charge in [0.2, 0.25) is 12.7 Å². The summed E-state index contributed by atoms with van der Waals surface area (Å²) < 4.78 is 17.9. The molecule has 2 amide bonds. The van der Waals surface area contributed by atoms with Crippen molar-refractivity contribution >= 4 is 17.5 Å². The van der Waals surface area contributed by atoms with Gasteiger partial charge < -0.3 is 29.3 Å².